The Bertz CT molecular complexity index is 368. The maximum Gasteiger partial charge on any atom is 0.311 e. The van der Waals surface area contributed by atoms with Crippen LogP contribution < -0.4 is 0 Å². The van der Waals surface area contributed by atoms with Gasteiger partial charge < -0.3 is 4.74 Å². The van der Waals surface area contributed by atoms with E-state index in [1.807, 2.05) is 13.0 Å². The number of ketones is 1. The number of Topliss-reactive ketones (excluding diaryl/α,β-unsaturated/α-hetero) is 1. The summed E-state index contributed by atoms with van der Waals surface area (Å²) in [5.74, 6) is -0.0820. The number of ether oxygens (including phenoxy) is 1. The summed E-state index contributed by atoms with van der Waals surface area (Å²) < 4.78 is 4.85. The zero-order valence-electron chi connectivity index (χ0n) is 9.62. The molecular formula is C12H16O3S. The van der Waals surface area contributed by atoms with Crippen molar-refractivity contribution in [2.24, 2.45) is 0 Å². The Morgan fingerprint density at radius 2 is 2.06 bits per heavy atom. The molecule has 0 aliphatic rings. The van der Waals surface area contributed by atoms with Crippen LogP contribution >= 0.6 is 11.3 Å². The molecular weight excluding hydrogens is 224 g/mol. The SMILES string of the molecule is CCCC(=O)c1ccc(CC(=O)OCC)s1. The maximum atomic E-state index is 11.6. The third-order valence-corrected chi connectivity index (χ3v) is 3.16. The number of esters is 1. The lowest BCUT2D eigenvalue weighted by Crippen LogP contribution is -2.06. The molecule has 0 spiro atoms. The Morgan fingerprint density at radius 3 is 2.69 bits per heavy atom. The number of hydrogen-bond acceptors (Lipinski definition) is 4. The fourth-order valence-electron chi connectivity index (χ4n) is 1.33. The van der Waals surface area contributed by atoms with E-state index in [1.165, 1.54) is 11.3 Å². The van der Waals surface area contributed by atoms with Gasteiger partial charge in [-0.15, -0.1) is 11.3 Å². The van der Waals surface area contributed by atoms with Gasteiger partial charge in [0.05, 0.1) is 17.9 Å². The van der Waals surface area contributed by atoms with Gasteiger partial charge in [-0.1, -0.05) is 6.92 Å². The molecule has 0 atom stereocenters. The van der Waals surface area contributed by atoms with E-state index < -0.39 is 0 Å². The molecule has 0 N–H and O–H groups in total. The predicted octanol–water partition coefficient (Wildman–Crippen LogP) is 2.84. The smallest absolute Gasteiger partial charge is 0.311 e. The Hall–Kier alpha value is -1.16. The summed E-state index contributed by atoms with van der Waals surface area (Å²) in [7, 11) is 0. The number of thiophene rings is 1. The molecule has 3 nitrogen and oxygen atoms in total. The van der Waals surface area contributed by atoms with Crippen LogP contribution in [0, 0.1) is 0 Å². The molecule has 0 aliphatic heterocycles. The van der Waals surface area contributed by atoms with Crippen LogP contribution in [0.1, 0.15) is 41.2 Å². The van der Waals surface area contributed by atoms with Crippen LogP contribution in [0.4, 0.5) is 0 Å². The van der Waals surface area contributed by atoms with E-state index in [1.54, 1.807) is 13.0 Å². The second-order valence-corrected chi connectivity index (χ2v) is 4.59. The summed E-state index contributed by atoms with van der Waals surface area (Å²) in [6.07, 6.45) is 1.68. The fraction of sp³-hybridized carbons (Fsp3) is 0.500. The second-order valence-electron chi connectivity index (χ2n) is 3.42. The van der Waals surface area contributed by atoms with Crippen LogP contribution in [0.15, 0.2) is 12.1 Å². The molecule has 0 aliphatic carbocycles. The molecule has 16 heavy (non-hydrogen) atoms. The molecule has 88 valence electrons. The van der Waals surface area contributed by atoms with Crippen molar-refractivity contribution < 1.29 is 14.3 Å². The number of carbonyl (C=O) groups excluding carboxylic acids is 2. The normalized spacial score (nSPS) is 10.1. The minimum absolute atomic E-state index is 0.155. The molecule has 0 fully saturated rings. The maximum absolute atomic E-state index is 11.6. The molecule has 4 heteroatoms. The lowest BCUT2D eigenvalue weighted by Gasteiger charge is -1.98. The van der Waals surface area contributed by atoms with Gasteiger partial charge in [-0.3, -0.25) is 9.59 Å². The lowest BCUT2D eigenvalue weighted by molar-refractivity contribution is -0.142. The summed E-state index contributed by atoms with van der Waals surface area (Å²) in [5, 5.41) is 0. The van der Waals surface area contributed by atoms with Crippen molar-refractivity contribution in [3.63, 3.8) is 0 Å². The van der Waals surface area contributed by atoms with E-state index >= 15 is 0 Å². The number of rotatable bonds is 6. The molecule has 0 saturated heterocycles. The van der Waals surface area contributed by atoms with Crippen molar-refractivity contribution in [1.29, 1.82) is 0 Å². The standard InChI is InChI=1S/C12H16O3S/c1-3-5-10(13)11-7-6-9(16-11)8-12(14)15-4-2/h6-7H,3-5,8H2,1-2H3. The van der Waals surface area contributed by atoms with Gasteiger partial charge in [0.15, 0.2) is 5.78 Å². The van der Waals surface area contributed by atoms with E-state index in [-0.39, 0.29) is 18.2 Å². The minimum Gasteiger partial charge on any atom is -0.466 e. The van der Waals surface area contributed by atoms with Gasteiger partial charge in [0.2, 0.25) is 0 Å². The topological polar surface area (TPSA) is 43.4 Å². The van der Waals surface area contributed by atoms with Gasteiger partial charge >= 0.3 is 5.97 Å². The summed E-state index contributed by atoms with van der Waals surface area (Å²) in [6.45, 7) is 4.15. The van der Waals surface area contributed by atoms with Gasteiger partial charge in [0, 0.05) is 11.3 Å². The van der Waals surface area contributed by atoms with Crippen LogP contribution in [-0.2, 0) is 16.0 Å². The Balaban J connectivity index is 2.57. The molecule has 0 saturated carbocycles. The van der Waals surface area contributed by atoms with Crippen LogP contribution in [-0.4, -0.2) is 18.4 Å². The first-order chi connectivity index (χ1) is 7.67. The summed E-state index contributed by atoms with van der Waals surface area (Å²) >= 11 is 1.38. The van der Waals surface area contributed by atoms with Gasteiger partial charge in [0.25, 0.3) is 0 Å². The number of hydrogen-bond donors (Lipinski definition) is 0. The van der Waals surface area contributed by atoms with Crippen molar-refractivity contribution >= 4 is 23.1 Å². The lowest BCUT2D eigenvalue weighted by atomic mass is 10.2. The first kappa shape index (κ1) is 12.9. The van der Waals surface area contributed by atoms with Gasteiger partial charge in [-0.25, -0.2) is 0 Å². The molecule has 1 heterocycles. The van der Waals surface area contributed by atoms with Crippen LogP contribution in [0.2, 0.25) is 0 Å². The van der Waals surface area contributed by atoms with Crippen molar-refractivity contribution in [2.45, 2.75) is 33.1 Å². The first-order valence-corrected chi connectivity index (χ1v) is 6.26. The Kier molecular flexibility index (Phi) is 5.19. The van der Waals surface area contributed by atoms with E-state index in [0.717, 1.165) is 16.2 Å². The highest BCUT2D eigenvalue weighted by molar-refractivity contribution is 7.14. The third-order valence-electron chi connectivity index (χ3n) is 2.04. The molecule has 0 radical (unpaired) electrons. The fourth-order valence-corrected chi connectivity index (χ4v) is 2.29. The quantitative estimate of drug-likeness (QED) is 0.567. The largest absolute Gasteiger partial charge is 0.466 e. The van der Waals surface area contributed by atoms with Gasteiger partial charge in [-0.05, 0) is 25.5 Å². The van der Waals surface area contributed by atoms with Crippen molar-refractivity contribution in [3.8, 4) is 0 Å². The molecule has 1 rings (SSSR count). The molecule has 1 aromatic heterocycles. The van der Waals surface area contributed by atoms with Gasteiger partial charge in [-0.2, -0.15) is 0 Å². The van der Waals surface area contributed by atoms with E-state index in [0.29, 0.717) is 13.0 Å². The Labute approximate surface area is 99.4 Å². The zero-order chi connectivity index (χ0) is 12.0. The third kappa shape index (κ3) is 3.77. The number of carbonyl (C=O) groups is 2. The van der Waals surface area contributed by atoms with E-state index in [2.05, 4.69) is 0 Å². The first-order valence-electron chi connectivity index (χ1n) is 5.44. The molecule has 0 amide bonds. The average molecular weight is 240 g/mol. The minimum atomic E-state index is -0.237. The van der Waals surface area contributed by atoms with Crippen molar-refractivity contribution in [3.05, 3.63) is 21.9 Å². The molecule has 0 unspecified atom stereocenters. The van der Waals surface area contributed by atoms with Crippen molar-refractivity contribution in [1.82, 2.24) is 0 Å². The van der Waals surface area contributed by atoms with E-state index in [9.17, 15) is 9.59 Å². The highest BCUT2D eigenvalue weighted by atomic mass is 32.1. The summed E-state index contributed by atoms with van der Waals surface area (Å²) in [6, 6.07) is 3.61. The molecule has 0 bridgehead atoms. The Morgan fingerprint density at radius 1 is 1.31 bits per heavy atom. The van der Waals surface area contributed by atoms with Crippen LogP contribution in [0.3, 0.4) is 0 Å². The van der Waals surface area contributed by atoms with Crippen LogP contribution in [0.5, 0.6) is 0 Å². The second kappa shape index (κ2) is 6.43. The predicted molar refractivity (Wildman–Crippen MR) is 63.9 cm³/mol. The summed E-state index contributed by atoms with van der Waals surface area (Å²) in [4.78, 5) is 24.4. The molecule has 1 aromatic rings. The summed E-state index contributed by atoms with van der Waals surface area (Å²) in [5.41, 5.74) is 0. The highest BCUT2D eigenvalue weighted by Crippen LogP contribution is 2.19. The van der Waals surface area contributed by atoms with Crippen LogP contribution in [0.25, 0.3) is 0 Å². The van der Waals surface area contributed by atoms with Gasteiger partial charge in [0.1, 0.15) is 0 Å². The monoisotopic (exact) mass is 240 g/mol. The molecule has 0 aromatic carbocycles. The van der Waals surface area contributed by atoms with E-state index in [4.69, 9.17) is 4.74 Å². The average Bonchev–Trinajstić information content (AvgIpc) is 2.67. The zero-order valence-corrected chi connectivity index (χ0v) is 10.4. The van der Waals surface area contributed by atoms with Crippen molar-refractivity contribution in [2.75, 3.05) is 6.61 Å². The highest BCUT2D eigenvalue weighted by Gasteiger charge is 2.11.